The van der Waals surface area contributed by atoms with Gasteiger partial charge >= 0.3 is 0 Å². The van der Waals surface area contributed by atoms with E-state index in [1.165, 1.54) is 5.69 Å². The van der Waals surface area contributed by atoms with Gasteiger partial charge in [-0.1, -0.05) is 18.2 Å². The highest BCUT2D eigenvalue weighted by Gasteiger charge is 2.19. The standard InChI is InChI=1S/C12H17NO3S/c14-17(15)16-10-11-6-8-13(9-7-11)12-4-2-1-3-5-12/h1-5,11H,6-10H2,(H,14,15)/p-1. The quantitative estimate of drug-likeness (QED) is 0.768. The van der Waals surface area contributed by atoms with Gasteiger partial charge in [0.25, 0.3) is 0 Å². The number of piperidine rings is 1. The Morgan fingerprint density at radius 2 is 1.94 bits per heavy atom. The van der Waals surface area contributed by atoms with E-state index in [9.17, 15) is 8.76 Å². The molecule has 0 amide bonds. The number of rotatable bonds is 4. The molecule has 0 radical (unpaired) electrons. The lowest BCUT2D eigenvalue weighted by Crippen LogP contribution is -2.35. The highest BCUT2D eigenvalue weighted by molar-refractivity contribution is 7.74. The SMILES string of the molecule is O=S([O-])OCC1CCN(c2ccccc2)CC1. The van der Waals surface area contributed by atoms with Crippen LogP contribution in [0, 0.1) is 5.92 Å². The Labute approximate surface area is 104 Å². The van der Waals surface area contributed by atoms with Crippen molar-refractivity contribution in [2.75, 3.05) is 24.6 Å². The predicted molar refractivity (Wildman–Crippen MR) is 66.3 cm³/mol. The largest absolute Gasteiger partial charge is 0.750 e. The van der Waals surface area contributed by atoms with Gasteiger partial charge in [0.1, 0.15) is 0 Å². The molecule has 1 unspecified atom stereocenters. The van der Waals surface area contributed by atoms with Gasteiger partial charge in [0, 0.05) is 18.8 Å². The molecule has 1 aliphatic rings. The third kappa shape index (κ3) is 3.80. The van der Waals surface area contributed by atoms with E-state index in [0.717, 1.165) is 25.9 Å². The van der Waals surface area contributed by atoms with Crippen LogP contribution in [0.2, 0.25) is 0 Å². The molecule has 0 aliphatic carbocycles. The lowest BCUT2D eigenvalue weighted by molar-refractivity contribution is 0.220. The van der Waals surface area contributed by atoms with Crippen molar-refractivity contribution in [1.82, 2.24) is 0 Å². The zero-order valence-corrected chi connectivity index (χ0v) is 10.4. The summed E-state index contributed by atoms with van der Waals surface area (Å²) in [5, 5.41) is 0. The van der Waals surface area contributed by atoms with Crippen LogP contribution in [0.1, 0.15) is 12.8 Å². The smallest absolute Gasteiger partial charge is 0.0842 e. The lowest BCUT2D eigenvalue weighted by atomic mass is 9.97. The summed E-state index contributed by atoms with van der Waals surface area (Å²) >= 11 is -2.38. The highest BCUT2D eigenvalue weighted by Crippen LogP contribution is 2.23. The van der Waals surface area contributed by atoms with Crippen molar-refractivity contribution >= 4 is 17.0 Å². The van der Waals surface area contributed by atoms with Gasteiger partial charge in [0.15, 0.2) is 0 Å². The zero-order valence-electron chi connectivity index (χ0n) is 9.58. The topological polar surface area (TPSA) is 52.6 Å². The number of hydrogen-bond acceptors (Lipinski definition) is 4. The molecule has 1 aromatic carbocycles. The molecule has 0 bridgehead atoms. The maximum Gasteiger partial charge on any atom is 0.0842 e. The number of nitrogens with zero attached hydrogens (tertiary/aromatic N) is 1. The predicted octanol–water partition coefficient (Wildman–Crippen LogP) is 1.71. The maximum atomic E-state index is 10.3. The molecule has 1 heterocycles. The minimum Gasteiger partial charge on any atom is -0.750 e. The minimum absolute atomic E-state index is 0.318. The van der Waals surface area contributed by atoms with Crippen molar-refractivity contribution in [3.63, 3.8) is 0 Å². The van der Waals surface area contributed by atoms with Gasteiger partial charge in [-0.05, 0) is 30.9 Å². The van der Waals surface area contributed by atoms with Crippen molar-refractivity contribution in [3.05, 3.63) is 30.3 Å². The average Bonchev–Trinajstić information content (AvgIpc) is 2.38. The van der Waals surface area contributed by atoms with E-state index in [1.54, 1.807) is 0 Å². The summed E-state index contributed by atoms with van der Waals surface area (Å²) in [6.07, 6.45) is 1.96. The third-order valence-corrected chi connectivity index (χ3v) is 3.46. The molecule has 1 atom stereocenters. The Morgan fingerprint density at radius 3 is 2.53 bits per heavy atom. The molecule has 1 aromatic rings. The first kappa shape index (κ1) is 12.5. The van der Waals surface area contributed by atoms with Crippen LogP contribution in [-0.2, 0) is 15.5 Å². The molecular formula is C12H16NO3S-. The Hall–Kier alpha value is -0.910. The lowest BCUT2D eigenvalue weighted by Gasteiger charge is -2.33. The van der Waals surface area contributed by atoms with Crippen LogP contribution in [-0.4, -0.2) is 28.5 Å². The van der Waals surface area contributed by atoms with Gasteiger partial charge in [-0.3, -0.25) is 0 Å². The van der Waals surface area contributed by atoms with Crippen LogP contribution in [0.4, 0.5) is 5.69 Å². The van der Waals surface area contributed by atoms with E-state index < -0.39 is 11.4 Å². The third-order valence-electron chi connectivity index (χ3n) is 3.14. The molecule has 0 N–H and O–H groups in total. The van der Waals surface area contributed by atoms with Gasteiger partial charge in [0.05, 0.1) is 18.0 Å². The number of benzene rings is 1. The van der Waals surface area contributed by atoms with Crippen LogP contribution in [0.5, 0.6) is 0 Å². The first-order valence-electron chi connectivity index (χ1n) is 5.78. The van der Waals surface area contributed by atoms with Crippen LogP contribution >= 0.6 is 0 Å². The van der Waals surface area contributed by atoms with E-state index in [4.69, 9.17) is 0 Å². The molecule has 0 spiro atoms. The minimum atomic E-state index is -2.38. The second-order valence-corrected chi connectivity index (χ2v) is 4.90. The molecule has 1 saturated heterocycles. The van der Waals surface area contributed by atoms with Crippen molar-refractivity contribution in [2.45, 2.75) is 12.8 Å². The number of anilines is 1. The Balaban J connectivity index is 1.80. The average molecular weight is 254 g/mol. The molecule has 2 rings (SSSR count). The summed E-state index contributed by atoms with van der Waals surface area (Å²) < 4.78 is 25.2. The van der Waals surface area contributed by atoms with Crippen LogP contribution in [0.3, 0.4) is 0 Å². The number of para-hydroxylation sites is 1. The van der Waals surface area contributed by atoms with Crippen LogP contribution < -0.4 is 4.90 Å². The Kier molecular flexibility index (Phi) is 4.53. The van der Waals surface area contributed by atoms with Crippen LogP contribution in [0.15, 0.2) is 30.3 Å². The molecule has 0 saturated carbocycles. The van der Waals surface area contributed by atoms with Crippen molar-refractivity contribution in [2.24, 2.45) is 5.92 Å². The first-order valence-corrected chi connectivity index (χ1v) is 6.78. The summed E-state index contributed by atoms with van der Waals surface area (Å²) in [5.74, 6) is 0.355. The van der Waals surface area contributed by atoms with E-state index in [2.05, 4.69) is 21.2 Å². The summed E-state index contributed by atoms with van der Waals surface area (Å²) in [6.45, 7) is 2.24. The fourth-order valence-corrected chi connectivity index (χ4v) is 2.45. The Morgan fingerprint density at radius 1 is 1.29 bits per heavy atom. The summed E-state index contributed by atoms with van der Waals surface area (Å²) in [7, 11) is 0. The normalized spacial score (nSPS) is 19.2. The Bertz CT molecular complexity index is 363. The molecule has 4 nitrogen and oxygen atoms in total. The van der Waals surface area contributed by atoms with E-state index in [-0.39, 0.29) is 0 Å². The van der Waals surface area contributed by atoms with Gasteiger partial charge in [-0.15, -0.1) is 0 Å². The molecule has 5 heteroatoms. The highest BCUT2D eigenvalue weighted by atomic mass is 32.2. The van der Waals surface area contributed by atoms with Gasteiger partial charge < -0.3 is 13.6 Å². The number of hydrogen-bond donors (Lipinski definition) is 0. The first-order chi connectivity index (χ1) is 8.25. The summed E-state index contributed by atoms with van der Waals surface area (Å²) in [5.41, 5.74) is 1.24. The fraction of sp³-hybridized carbons (Fsp3) is 0.500. The molecule has 1 aliphatic heterocycles. The fourth-order valence-electron chi connectivity index (χ4n) is 2.15. The molecular weight excluding hydrogens is 238 g/mol. The molecule has 17 heavy (non-hydrogen) atoms. The second kappa shape index (κ2) is 6.14. The zero-order chi connectivity index (χ0) is 12.1. The van der Waals surface area contributed by atoms with Crippen molar-refractivity contribution in [3.8, 4) is 0 Å². The molecule has 0 aromatic heterocycles. The van der Waals surface area contributed by atoms with Crippen LogP contribution in [0.25, 0.3) is 0 Å². The van der Waals surface area contributed by atoms with Gasteiger partial charge in [0.2, 0.25) is 0 Å². The monoisotopic (exact) mass is 254 g/mol. The van der Waals surface area contributed by atoms with Crippen molar-refractivity contribution < 1.29 is 12.9 Å². The maximum absolute atomic E-state index is 10.3. The van der Waals surface area contributed by atoms with E-state index in [1.807, 2.05) is 18.2 Å². The van der Waals surface area contributed by atoms with Crippen molar-refractivity contribution in [1.29, 1.82) is 0 Å². The van der Waals surface area contributed by atoms with Gasteiger partial charge in [-0.2, -0.15) is 0 Å². The van der Waals surface area contributed by atoms with E-state index >= 15 is 0 Å². The molecule has 1 fully saturated rings. The van der Waals surface area contributed by atoms with Gasteiger partial charge in [-0.25, -0.2) is 4.21 Å². The second-order valence-electron chi connectivity index (χ2n) is 4.25. The molecule has 94 valence electrons. The summed E-state index contributed by atoms with van der Waals surface area (Å²) in [4.78, 5) is 2.32. The summed E-state index contributed by atoms with van der Waals surface area (Å²) in [6, 6.07) is 10.3. The van der Waals surface area contributed by atoms with E-state index in [0.29, 0.717) is 12.5 Å².